The van der Waals surface area contributed by atoms with Crippen molar-refractivity contribution in [2.45, 2.75) is 11.1 Å². The Kier molecular flexibility index (Phi) is 5.54. The summed E-state index contributed by atoms with van der Waals surface area (Å²) < 4.78 is 77.0. The highest BCUT2D eigenvalue weighted by Gasteiger charge is 2.37. The molecule has 2 N–H and O–H groups in total. The first kappa shape index (κ1) is 21.1. The molecule has 1 fully saturated rings. The van der Waals surface area contributed by atoms with Gasteiger partial charge in [0.1, 0.15) is 5.82 Å². The summed E-state index contributed by atoms with van der Waals surface area (Å²) in [7, 11) is -4.29. The van der Waals surface area contributed by atoms with Gasteiger partial charge in [0, 0.05) is 31.9 Å². The van der Waals surface area contributed by atoms with E-state index in [4.69, 9.17) is 5.14 Å². The third-order valence-electron chi connectivity index (χ3n) is 4.61. The van der Waals surface area contributed by atoms with E-state index in [1.165, 1.54) is 28.0 Å². The zero-order valence-corrected chi connectivity index (χ0v) is 15.8. The van der Waals surface area contributed by atoms with Gasteiger partial charge in [-0.05, 0) is 30.3 Å². The van der Waals surface area contributed by atoms with Gasteiger partial charge in [-0.1, -0.05) is 12.1 Å². The molecule has 0 radical (unpaired) electrons. The van der Waals surface area contributed by atoms with Gasteiger partial charge in [-0.15, -0.1) is 0 Å². The largest absolute Gasteiger partial charge is 0.418 e. The average Bonchev–Trinajstić information content (AvgIpc) is 2.66. The minimum absolute atomic E-state index is 0.0675. The molecule has 6 nitrogen and oxygen atoms in total. The summed E-state index contributed by atoms with van der Waals surface area (Å²) in [6.45, 7) is 0.304. The van der Waals surface area contributed by atoms with Crippen LogP contribution in [0.25, 0.3) is 0 Å². The lowest BCUT2D eigenvalue weighted by molar-refractivity contribution is -0.137. The minimum atomic E-state index is -4.80. The van der Waals surface area contributed by atoms with E-state index in [1.807, 2.05) is 0 Å². The van der Waals surface area contributed by atoms with Gasteiger partial charge in [0.05, 0.1) is 16.0 Å². The zero-order chi connectivity index (χ0) is 21.4. The van der Waals surface area contributed by atoms with Crippen LogP contribution in [0.1, 0.15) is 15.9 Å². The number of carbonyl (C=O) groups excluding carboxylic acids is 1. The summed E-state index contributed by atoms with van der Waals surface area (Å²) in [5.41, 5.74) is -1.43. The number of sulfonamides is 1. The highest BCUT2D eigenvalue weighted by atomic mass is 32.2. The van der Waals surface area contributed by atoms with E-state index >= 15 is 0 Å². The summed E-state index contributed by atoms with van der Waals surface area (Å²) in [6.07, 6.45) is -4.80. The van der Waals surface area contributed by atoms with Gasteiger partial charge in [-0.3, -0.25) is 4.79 Å². The number of rotatable bonds is 3. The maximum atomic E-state index is 13.8. The molecule has 1 aliphatic rings. The van der Waals surface area contributed by atoms with Gasteiger partial charge in [-0.25, -0.2) is 17.9 Å². The number of primary sulfonamides is 1. The summed E-state index contributed by atoms with van der Waals surface area (Å²) >= 11 is 0. The predicted octanol–water partition coefficient (Wildman–Crippen LogP) is 2.45. The number of piperazine rings is 1. The molecule has 156 valence electrons. The van der Waals surface area contributed by atoms with Crippen LogP contribution < -0.4 is 10.0 Å². The summed E-state index contributed by atoms with van der Waals surface area (Å²) in [4.78, 5) is 14.6. The van der Waals surface area contributed by atoms with Crippen molar-refractivity contribution in [2.24, 2.45) is 5.14 Å². The number of nitrogens with zero attached hydrogens (tertiary/aromatic N) is 2. The Morgan fingerprint density at radius 2 is 1.62 bits per heavy atom. The molecule has 1 aliphatic heterocycles. The van der Waals surface area contributed by atoms with Gasteiger partial charge in [-0.2, -0.15) is 13.2 Å². The van der Waals surface area contributed by atoms with E-state index < -0.39 is 38.4 Å². The van der Waals surface area contributed by atoms with Crippen LogP contribution >= 0.6 is 0 Å². The van der Waals surface area contributed by atoms with Crippen LogP contribution in [-0.4, -0.2) is 45.4 Å². The summed E-state index contributed by atoms with van der Waals surface area (Å²) in [5, 5.41) is 4.93. The second kappa shape index (κ2) is 7.64. The van der Waals surface area contributed by atoms with Crippen molar-refractivity contribution < 1.29 is 30.8 Å². The molecule has 1 heterocycles. The number of anilines is 1. The van der Waals surface area contributed by atoms with Crippen molar-refractivity contribution in [3.63, 3.8) is 0 Å². The number of carbonyl (C=O) groups is 1. The normalized spacial score (nSPS) is 15.5. The van der Waals surface area contributed by atoms with Gasteiger partial charge in [0.2, 0.25) is 10.0 Å². The topological polar surface area (TPSA) is 83.7 Å². The summed E-state index contributed by atoms with van der Waals surface area (Å²) in [6, 6.07) is 8.04. The van der Waals surface area contributed by atoms with Crippen molar-refractivity contribution in [1.82, 2.24) is 4.90 Å². The Morgan fingerprint density at radius 1 is 1.00 bits per heavy atom. The molecule has 0 bridgehead atoms. The van der Waals surface area contributed by atoms with Crippen LogP contribution in [0.2, 0.25) is 0 Å². The highest BCUT2D eigenvalue weighted by Crippen LogP contribution is 2.38. The number of nitrogens with two attached hydrogens (primary N) is 1. The number of hydrogen-bond donors (Lipinski definition) is 1. The van der Waals surface area contributed by atoms with Gasteiger partial charge >= 0.3 is 6.18 Å². The van der Waals surface area contributed by atoms with E-state index in [0.29, 0.717) is 6.07 Å². The van der Waals surface area contributed by atoms with Crippen molar-refractivity contribution >= 4 is 21.6 Å². The maximum absolute atomic E-state index is 13.8. The first-order valence-electron chi connectivity index (χ1n) is 8.51. The van der Waals surface area contributed by atoms with Crippen molar-refractivity contribution in [2.75, 3.05) is 31.1 Å². The second-order valence-corrected chi connectivity index (χ2v) is 8.04. The standard InChI is InChI=1S/C18H17F4N3O3S/c19-15-4-2-1-3-13(15)17(26)25-9-7-24(8-10-25)16-6-5-12(29(23,27)28)11-14(16)18(20,21)22/h1-6,11H,7-10H2,(H2,23,27,28). The van der Waals surface area contributed by atoms with E-state index in [2.05, 4.69) is 0 Å². The lowest BCUT2D eigenvalue weighted by Crippen LogP contribution is -2.49. The number of hydrogen-bond acceptors (Lipinski definition) is 4. The highest BCUT2D eigenvalue weighted by molar-refractivity contribution is 7.89. The first-order chi connectivity index (χ1) is 13.5. The van der Waals surface area contributed by atoms with Crippen molar-refractivity contribution in [1.29, 1.82) is 0 Å². The fourth-order valence-corrected chi connectivity index (χ4v) is 3.69. The molecule has 0 atom stereocenters. The molecular weight excluding hydrogens is 414 g/mol. The average molecular weight is 431 g/mol. The third kappa shape index (κ3) is 4.51. The van der Waals surface area contributed by atoms with E-state index in [0.717, 1.165) is 18.2 Å². The molecule has 0 aromatic heterocycles. The molecule has 0 spiro atoms. The zero-order valence-electron chi connectivity index (χ0n) is 15.0. The molecule has 1 saturated heterocycles. The number of halogens is 4. The van der Waals surface area contributed by atoms with Crippen LogP contribution in [0.15, 0.2) is 47.4 Å². The molecule has 3 rings (SSSR count). The van der Waals surface area contributed by atoms with Crippen LogP contribution in [-0.2, 0) is 16.2 Å². The quantitative estimate of drug-likeness (QED) is 0.757. The van der Waals surface area contributed by atoms with Crippen molar-refractivity contribution in [3.8, 4) is 0 Å². The Bertz CT molecular complexity index is 1030. The van der Waals surface area contributed by atoms with Crippen LogP contribution in [0.3, 0.4) is 0 Å². The minimum Gasteiger partial charge on any atom is -0.367 e. The predicted molar refractivity (Wildman–Crippen MR) is 97.3 cm³/mol. The van der Waals surface area contributed by atoms with Crippen LogP contribution in [0.4, 0.5) is 23.2 Å². The Labute approximate surface area is 164 Å². The smallest absolute Gasteiger partial charge is 0.367 e. The maximum Gasteiger partial charge on any atom is 0.418 e. The molecule has 29 heavy (non-hydrogen) atoms. The molecule has 2 aromatic carbocycles. The lowest BCUT2D eigenvalue weighted by Gasteiger charge is -2.37. The van der Waals surface area contributed by atoms with Crippen LogP contribution in [0, 0.1) is 5.82 Å². The van der Waals surface area contributed by atoms with Gasteiger partial charge in [0.25, 0.3) is 5.91 Å². The van der Waals surface area contributed by atoms with Gasteiger partial charge < -0.3 is 9.80 Å². The fourth-order valence-electron chi connectivity index (χ4n) is 3.15. The number of alkyl halides is 3. The van der Waals surface area contributed by atoms with E-state index in [1.54, 1.807) is 0 Å². The molecule has 0 aliphatic carbocycles. The fraction of sp³-hybridized carbons (Fsp3) is 0.278. The molecule has 1 amide bonds. The molecule has 0 unspecified atom stereocenters. The first-order valence-corrected chi connectivity index (χ1v) is 10.1. The Hall–Kier alpha value is -2.66. The number of amides is 1. The van der Waals surface area contributed by atoms with Gasteiger partial charge in [0.15, 0.2) is 0 Å². The van der Waals surface area contributed by atoms with Crippen molar-refractivity contribution in [3.05, 3.63) is 59.4 Å². The third-order valence-corrected chi connectivity index (χ3v) is 5.52. The SMILES string of the molecule is NS(=O)(=O)c1ccc(N2CCN(C(=O)c3ccccc3F)CC2)c(C(F)(F)F)c1. The summed E-state index contributed by atoms with van der Waals surface area (Å²) in [5.74, 6) is -1.21. The molecule has 0 saturated carbocycles. The van der Waals surface area contributed by atoms with E-state index in [9.17, 15) is 30.8 Å². The lowest BCUT2D eigenvalue weighted by atomic mass is 10.1. The van der Waals surface area contributed by atoms with Crippen LogP contribution in [0.5, 0.6) is 0 Å². The van der Waals surface area contributed by atoms with E-state index in [-0.39, 0.29) is 37.4 Å². The Morgan fingerprint density at radius 3 is 2.17 bits per heavy atom. The molecule has 2 aromatic rings. The molecular formula is C18H17F4N3O3S. The molecule has 11 heteroatoms. The Balaban J connectivity index is 1.82. The monoisotopic (exact) mass is 431 g/mol. The number of benzene rings is 2. The second-order valence-electron chi connectivity index (χ2n) is 6.48.